The number of aryl methyl sites for hydroxylation is 1. The number of hydrogen-bond acceptors (Lipinski definition) is 0. The molecule has 0 bridgehead atoms. The van der Waals surface area contributed by atoms with Crippen molar-refractivity contribution in [1.82, 2.24) is 4.57 Å². The Morgan fingerprint density at radius 3 is 1.26 bits per heavy atom. The van der Waals surface area contributed by atoms with Crippen molar-refractivity contribution in [3.05, 3.63) is 18.7 Å². The van der Waals surface area contributed by atoms with Gasteiger partial charge in [0.1, 0.15) is 18.4 Å². The third-order valence-electron chi connectivity index (χ3n) is 12.7. The first-order valence-corrected chi connectivity index (χ1v) is 25.1. The zero-order chi connectivity index (χ0) is 38.5. The van der Waals surface area contributed by atoms with E-state index in [0.717, 1.165) is 17.8 Å². The summed E-state index contributed by atoms with van der Waals surface area (Å²) >= 11 is 0. The molecule has 0 fully saturated rings. The minimum Gasteiger partial charge on any atom is -0.237 e. The van der Waals surface area contributed by atoms with Crippen molar-refractivity contribution in [2.24, 2.45) is 17.8 Å². The molecule has 1 heterocycles. The molecule has 0 N–H and O–H groups in total. The fourth-order valence-electron chi connectivity index (χ4n) is 8.83. The Morgan fingerprint density at radius 2 is 0.811 bits per heavy atom. The number of aromatic nitrogens is 2. The van der Waals surface area contributed by atoms with Gasteiger partial charge >= 0.3 is 0 Å². The number of imidazole rings is 1. The second-order valence-corrected chi connectivity index (χ2v) is 18.6. The molecule has 314 valence electrons. The maximum absolute atomic E-state index is 2.60. The van der Waals surface area contributed by atoms with Gasteiger partial charge in [0.2, 0.25) is 6.33 Å². The van der Waals surface area contributed by atoms with Gasteiger partial charge in [-0.15, -0.1) is 0 Å². The van der Waals surface area contributed by atoms with Crippen LogP contribution in [0.25, 0.3) is 0 Å². The molecule has 53 heavy (non-hydrogen) atoms. The minimum absolute atomic E-state index is 0.677. The van der Waals surface area contributed by atoms with Crippen LogP contribution in [0.2, 0.25) is 0 Å². The van der Waals surface area contributed by atoms with Gasteiger partial charge in [-0.25, -0.2) is 9.13 Å². The van der Waals surface area contributed by atoms with Crippen molar-refractivity contribution in [2.45, 2.75) is 292 Å². The summed E-state index contributed by atoms with van der Waals surface area (Å²) in [7, 11) is 0. The van der Waals surface area contributed by atoms with Gasteiger partial charge in [0.05, 0.1) is 6.54 Å². The van der Waals surface area contributed by atoms with Gasteiger partial charge in [-0.2, -0.15) is 0 Å². The monoisotopic (exact) mass is 742 g/mol. The summed E-state index contributed by atoms with van der Waals surface area (Å²) in [5, 5.41) is 0. The smallest absolute Gasteiger partial charge is 0.237 e. The SMILES string of the molecule is CCCCCCCCCCCCCCC(CCCCCCCCCCCCCC)CCCCC(CCC(C)CCCC(C)C)n1cc[n+](CCCC)c1. The summed E-state index contributed by atoms with van der Waals surface area (Å²) in [5.74, 6) is 2.68. The van der Waals surface area contributed by atoms with Crippen molar-refractivity contribution >= 4 is 0 Å². The van der Waals surface area contributed by atoms with Crippen LogP contribution in [0.5, 0.6) is 0 Å². The van der Waals surface area contributed by atoms with E-state index in [0.29, 0.717) is 6.04 Å². The molecule has 0 radical (unpaired) electrons. The Kier molecular flexibility index (Phi) is 36.1. The maximum atomic E-state index is 2.60. The van der Waals surface area contributed by atoms with Crippen LogP contribution in [0.15, 0.2) is 18.7 Å². The summed E-state index contributed by atoms with van der Waals surface area (Å²) in [4.78, 5) is 0. The molecule has 0 aromatic carbocycles. The Balaban J connectivity index is 2.51. The molecule has 0 aliphatic rings. The Morgan fingerprint density at radius 1 is 0.396 bits per heavy atom. The van der Waals surface area contributed by atoms with Gasteiger partial charge < -0.3 is 0 Å². The molecular formula is C51H101N2+. The third kappa shape index (κ3) is 32.0. The molecule has 0 aliphatic carbocycles. The van der Waals surface area contributed by atoms with E-state index in [2.05, 4.69) is 69.4 Å². The van der Waals surface area contributed by atoms with Gasteiger partial charge in [-0.05, 0) is 49.9 Å². The van der Waals surface area contributed by atoms with Gasteiger partial charge in [0, 0.05) is 0 Å². The van der Waals surface area contributed by atoms with Crippen LogP contribution in [0, 0.1) is 17.8 Å². The lowest BCUT2D eigenvalue weighted by molar-refractivity contribution is -0.697. The molecular weight excluding hydrogens is 641 g/mol. The van der Waals surface area contributed by atoms with Crippen LogP contribution >= 0.6 is 0 Å². The average Bonchev–Trinajstić information content (AvgIpc) is 3.62. The molecule has 0 saturated heterocycles. The second kappa shape index (κ2) is 38.1. The van der Waals surface area contributed by atoms with Crippen molar-refractivity contribution < 1.29 is 4.57 Å². The van der Waals surface area contributed by atoms with Gasteiger partial charge in [-0.1, -0.05) is 247 Å². The Hall–Kier alpha value is -0.790. The number of hydrogen-bond donors (Lipinski definition) is 0. The van der Waals surface area contributed by atoms with Crippen molar-refractivity contribution in [3.8, 4) is 0 Å². The van der Waals surface area contributed by atoms with E-state index < -0.39 is 0 Å². The summed E-state index contributed by atoms with van der Waals surface area (Å²) in [6.07, 6.45) is 60.5. The maximum Gasteiger partial charge on any atom is 0.243 e. The summed E-state index contributed by atoms with van der Waals surface area (Å²) in [5.41, 5.74) is 0. The standard InChI is InChI=1S/C51H101N2/c1-7-10-13-15-17-19-21-23-25-27-29-31-38-50(39-32-30-28-26-24-22-20-18-16-14-11-8-2)40-33-34-41-51(43-42-49(6)37-35-36-48(4)5)53-46-45-52(47-53)44-12-9-3/h45-51H,7-44H2,1-6H3/q+1. The van der Waals surface area contributed by atoms with E-state index in [1.165, 1.54) is 244 Å². The lowest BCUT2D eigenvalue weighted by Gasteiger charge is -2.19. The zero-order valence-electron chi connectivity index (χ0n) is 37.8. The molecule has 1 rings (SSSR count). The fraction of sp³-hybridized carbons (Fsp3) is 0.941. The van der Waals surface area contributed by atoms with Gasteiger partial charge in [-0.3, -0.25) is 0 Å². The van der Waals surface area contributed by atoms with E-state index in [-0.39, 0.29) is 0 Å². The zero-order valence-corrected chi connectivity index (χ0v) is 37.8. The quantitative estimate of drug-likeness (QED) is 0.0466. The molecule has 0 saturated carbocycles. The molecule has 2 heteroatoms. The molecule has 0 aliphatic heterocycles. The first-order chi connectivity index (χ1) is 26.0. The van der Waals surface area contributed by atoms with Crippen molar-refractivity contribution in [3.63, 3.8) is 0 Å². The summed E-state index contributed by atoms with van der Waals surface area (Å²) < 4.78 is 5.05. The highest BCUT2D eigenvalue weighted by molar-refractivity contribution is 4.77. The minimum atomic E-state index is 0.677. The van der Waals surface area contributed by atoms with Crippen LogP contribution in [0.4, 0.5) is 0 Å². The van der Waals surface area contributed by atoms with Crippen molar-refractivity contribution in [1.29, 1.82) is 0 Å². The highest BCUT2D eigenvalue weighted by Gasteiger charge is 2.19. The topological polar surface area (TPSA) is 8.81 Å². The number of rotatable bonds is 42. The lowest BCUT2D eigenvalue weighted by Crippen LogP contribution is -2.31. The third-order valence-corrected chi connectivity index (χ3v) is 12.7. The molecule has 0 spiro atoms. The predicted octanol–water partition coefficient (Wildman–Crippen LogP) is 17.7. The Bertz CT molecular complexity index is 813. The number of unbranched alkanes of at least 4 members (excludes halogenated alkanes) is 24. The van der Waals surface area contributed by atoms with Crippen molar-refractivity contribution in [2.75, 3.05) is 0 Å². The fourth-order valence-corrected chi connectivity index (χ4v) is 8.83. The van der Waals surface area contributed by atoms with Crippen LogP contribution < -0.4 is 4.57 Å². The van der Waals surface area contributed by atoms with E-state index in [1.54, 1.807) is 0 Å². The molecule has 2 nitrogen and oxygen atoms in total. The van der Waals surface area contributed by atoms with E-state index >= 15 is 0 Å². The molecule has 2 unspecified atom stereocenters. The summed E-state index contributed by atoms with van der Waals surface area (Å²) in [6.45, 7) is 15.4. The van der Waals surface area contributed by atoms with E-state index in [1.807, 2.05) is 0 Å². The van der Waals surface area contributed by atoms with Crippen LogP contribution in [0.3, 0.4) is 0 Å². The van der Waals surface area contributed by atoms with Crippen LogP contribution in [0.1, 0.15) is 285 Å². The Labute approximate surface area is 336 Å². The molecule has 1 aromatic rings. The largest absolute Gasteiger partial charge is 0.243 e. The highest BCUT2D eigenvalue weighted by atomic mass is 15.1. The highest BCUT2D eigenvalue weighted by Crippen LogP contribution is 2.29. The first-order valence-electron chi connectivity index (χ1n) is 25.1. The normalized spacial score (nSPS) is 13.1. The predicted molar refractivity (Wildman–Crippen MR) is 239 cm³/mol. The van der Waals surface area contributed by atoms with Gasteiger partial charge in [0.25, 0.3) is 0 Å². The van der Waals surface area contributed by atoms with E-state index in [4.69, 9.17) is 0 Å². The number of nitrogens with zero attached hydrogens (tertiary/aromatic N) is 2. The van der Waals surface area contributed by atoms with E-state index in [9.17, 15) is 0 Å². The molecule has 2 atom stereocenters. The first kappa shape index (κ1) is 50.2. The lowest BCUT2D eigenvalue weighted by atomic mass is 9.88. The summed E-state index contributed by atoms with van der Waals surface area (Å²) in [6, 6.07) is 0.677. The molecule has 0 amide bonds. The van der Waals surface area contributed by atoms with Crippen LogP contribution in [-0.2, 0) is 6.54 Å². The molecule has 1 aromatic heterocycles. The average molecular weight is 742 g/mol. The van der Waals surface area contributed by atoms with Crippen LogP contribution in [-0.4, -0.2) is 4.57 Å². The second-order valence-electron chi connectivity index (χ2n) is 18.6. The van der Waals surface area contributed by atoms with Gasteiger partial charge in [0.15, 0.2) is 0 Å².